The van der Waals surface area contributed by atoms with Crippen molar-refractivity contribution >= 4 is 17.5 Å². The van der Waals surface area contributed by atoms with Gasteiger partial charge in [-0.1, -0.05) is 13.8 Å². The number of likely N-dealkylation sites (tertiary alicyclic amines) is 1. The zero-order chi connectivity index (χ0) is 19.2. The summed E-state index contributed by atoms with van der Waals surface area (Å²) in [5, 5.41) is 9.45. The van der Waals surface area contributed by atoms with E-state index in [1.54, 1.807) is 35.3 Å². The minimum Gasteiger partial charge on any atom is -0.346 e. The van der Waals surface area contributed by atoms with E-state index in [-0.39, 0.29) is 6.04 Å². The van der Waals surface area contributed by atoms with Gasteiger partial charge in [0.05, 0.1) is 5.69 Å². The van der Waals surface area contributed by atoms with Crippen molar-refractivity contribution in [1.29, 1.82) is 0 Å². The third-order valence-electron chi connectivity index (χ3n) is 4.87. The van der Waals surface area contributed by atoms with Gasteiger partial charge in [0.25, 0.3) is 0 Å². The van der Waals surface area contributed by atoms with Gasteiger partial charge in [-0.25, -0.2) is 9.67 Å². The van der Waals surface area contributed by atoms with Crippen molar-refractivity contribution in [1.82, 2.24) is 25.0 Å². The lowest BCUT2D eigenvalue weighted by molar-refractivity contribution is -0.136. The SMILES string of the molecule is CC(C)C(CNC(=O)C(=O)Nc1ccc(-n2cncn2)cc1)N1CCCC1. The van der Waals surface area contributed by atoms with Crippen molar-refractivity contribution in [3.63, 3.8) is 0 Å². The molecule has 0 bridgehead atoms. The van der Waals surface area contributed by atoms with Crippen molar-refractivity contribution in [2.45, 2.75) is 32.7 Å². The van der Waals surface area contributed by atoms with Crippen molar-refractivity contribution in [3.8, 4) is 5.69 Å². The van der Waals surface area contributed by atoms with E-state index in [0.717, 1.165) is 18.8 Å². The number of nitrogens with one attached hydrogen (secondary N) is 2. The first-order valence-corrected chi connectivity index (χ1v) is 9.33. The molecule has 1 aliphatic rings. The molecular formula is C19H26N6O2. The van der Waals surface area contributed by atoms with E-state index in [4.69, 9.17) is 0 Å². The van der Waals surface area contributed by atoms with Crippen LogP contribution in [0.3, 0.4) is 0 Å². The fraction of sp³-hybridized carbons (Fsp3) is 0.474. The minimum absolute atomic E-state index is 0.256. The molecule has 27 heavy (non-hydrogen) atoms. The summed E-state index contributed by atoms with van der Waals surface area (Å²) < 4.78 is 1.61. The Hall–Kier alpha value is -2.74. The van der Waals surface area contributed by atoms with Gasteiger partial charge in [-0.3, -0.25) is 14.5 Å². The number of carbonyl (C=O) groups is 2. The second kappa shape index (κ2) is 8.77. The molecule has 1 unspecified atom stereocenters. The molecule has 2 N–H and O–H groups in total. The van der Waals surface area contributed by atoms with Crippen LogP contribution in [0, 0.1) is 5.92 Å². The fourth-order valence-electron chi connectivity index (χ4n) is 3.36. The van der Waals surface area contributed by atoms with E-state index in [9.17, 15) is 9.59 Å². The monoisotopic (exact) mass is 370 g/mol. The van der Waals surface area contributed by atoms with Gasteiger partial charge in [-0.2, -0.15) is 5.10 Å². The number of amides is 2. The molecule has 0 saturated carbocycles. The Morgan fingerprint density at radius 1 is 1.11 bits per heavy atom. The Labute approximate surface area is 159 Å². The second-order valence-electron chi connectivity index (χ2n) is 7.11. The Kier molecular flexibility index (Phi) is 6.18. The van der Waals surface area contributed by atoms with Crippen LogP contribution in [-0.4, -0.2) is 57.2 Å². The first kappa shape index (κ1) is 19.0. The molecule has 1 aliphatic heterocycles. The Morgan fingerprint density at radius 3 is 2.41 bits per heavy atom. The number of nitrogens with zero attached hydrogens (tertiary/aromatic N) is 4. The smallest absolute Gasteiger partial charge is 0.313 e. The lowest BCUT2D eigenvalue weighted by atomic mass is 10.0. The lowest BCUT2D eigenvalue weighted by Gasteiger charge is -2.30. The van der Waals surface area contributed by atoms with Gasteiger partial charge in [-0.15, -0.1) is 0 Å². The van der Waals surface area contributed by atoms with Crippen LogP contribution in [0.5, 0.6) is 0 Å². The van der Waals surface area contributed by atoms with Crippen LogP contribution in [0.4, 0.5) is 5.69 Å². The number of benzene rings is 1. The standard InChI is InChI=1S/C19H26N6O2/c1-14(2)17(24-9-3-4-10-24)11-21-18(26)19(27)23-15-5-7-16(8-6-15)25-13-20-12-22-25/h5-8,12-14,17H,3-4,9-11H2,1-2H3,(H,21,26)(H,23,27). The normalized spacial score (nSPS) is 15.7. The van der Waals surface area contributed by atoms with Gasteiger partial charge >= 0.3 is 11.8 Å². The molecule has 1 atom stereocenters. The predicted molar refractivity (Wildman–Crippen MR) is 102 cm³/mol. The number of hydrogen-bond donors (Lipinski definition) is 2. The van der Waals surface area contributed by atoms with Gasteiger partial charge in [-0.05, 0) is 56.1 Å². The zero-order valence-corrected chi connectivity index (χ0v) is 15.8. The first-order chi connectivity index (χ1) is 13.0. The molecule has 3 rings (SSSR count). The molecule has 2 amide bonds. The fourth-order valence-corrected chi connectivity index (χ4v) is 3.36. The summed E-state index contributed by atoms with van der Waals surface area (Å²) >= 11 is 0. The first-order valence-electron chi connectivity index (χ1n) is 9.33. The Balaban J connectivity index is 1.52. The molecule has 2 aromatic rings. The molecule has 0 spiro atoms. The second-order valence-corrected chi connectivity index (χ2v) is 7.11. The van der Waals surface area contributed by atoms with Gasteiger partial charge in [0.15, 0.2) is 0 Å². The number of rotatable bonds is 6. The molecule has 8 heteroatoms. The van der Waals surface area contributed by atoms with Gasteiger partial charge in [0, 0.05) is 18.3 Å². The molecule has 144 valence electrons. The van der Waals surface area contributed by atoms with Gasteiger partial charge in [0.1, 0.15) is 12.7 Å². The number of carbonyl (C=O) groups excluding carboxylic acids is 2. The molecule has 8 nitrogen and oxygen atoms in total. The van der Waals surface area contributed by atoms with Gasteiger partial charge in [0.2, 0.25) is 0 Å². The molecule has 1 saturated heterocycles. The highest BCUT2D eigenvalue weighted by molar-refractivity contribution is 6.39. The van der Waals surface area contributed by atoms with Crippen molar-refractivity contribution in [3.05, 3.63) is 36.9 Å². The predicted octanol–water partition coefficient (Wildman–Crippen LogP) is 1.44. The van der Waals surface area contributed by atoms with Crippen LogP contribution in [0.15, 0.2) is 36.9 Å². The highest BCUT2D eigenvalue weighted by Gasteiger charge is 2.25. The Morgan fingerprint density at radius 2 is 1.81 bits per heavy atom. The van der Waals surface area contributed by atoms with Crippen LogP contribution in [0.25, 0.3) is 5.69 Å². The van der Waals surface area contributed by atoms with E-state index in [1.165, 1.54) is 19.2 Å². The average molecular weight is 370 g/mol. The summed E-state index contributed by atoms with van der Waals surface area (Å²) in [5.74, 6) is -0.858. The number of aromatic nitrogens is 3. The third-order valence-corrected chi connectivity index (χ3v) is 4.87. The molecule has 1 aromatic carbocycles. The molecule has 1 aromatic heterocycles. The summed E-state index contributed by atoms with van der Waals surface area (Å²) in [4.78, 5) is 30.6. The molecule has 0 radical (unpaired) electrons. The van der Waals surface area contributed by atoms with Crippen LogP contribution < -0.4 is 10.6 Å². The summed E-state index contributed by atoms with van der Waals surface area (Å²) in [6, 6.07) is 7.30. The number of hydrogen-bond acceptors (Lipinski definition) is 5. The van der Waals surface area contributed by atoms with Crippen LogP contribution >= 0.6 is 0 Å². The van der Waals surface area contributed by atoms with Crippen molar-refractivity contribution in [2.24, 2.45) is 5.92 Å². The quantitative estimate of drug-likeness (QED) is 0.751. The van der Waals surface area contributed by atoms with E-state index < -0.39 is 11.8 Å². The average Bonchev–Trinajstić information content (AvgIpc) is 3.36. The van der Waals surface area contributed by atoms with E-state index in [0.29, 0.717) is 18.2 Å². The molecule has 1 fully saturated rings. The van der Waals surface area contributed by atoms with Crippen molar-refractivity contribution < 1.29 is 9.59 Å². The molecular weight excluding hydrogens is 344 g/mol. The van der Waals surface area contributed by atoms with Crippen molar-refractivity contribution in [2.75, 3.05) is 25.0 Å². The molecule has 0 aliphatic carbocycles. The lowest BCUT2D eigenvalue weighted by Crippen LogP contribution is -2.47. The largest absolute Gasteiger partial charge is 0.346 e. The highest BCUT2D eigenvalue weighted by Crippen LogP contribution is 2.17. The topological polar surface area (TPSA) is 92.2 Å². The Bertz CT molecular complexity index is 751. The third kappa shape index (κ3) is 4.91. The molecule has 2 heterocycles. The van der Waals surface area contributed by atoms with E-state index in [2.05, 4.69) is 39.5 Å². The van der Waals surface area contributed by atoms with E-state index in [1.807, 2.05) is 0 Å². The summed E-state index contributed by atoms with van der Waals surface area (Å²) in [6.07, 6.45) is 5.43. The van der Waals surface area contributed by atoms with E-state index >= 15 is 0 Å². The van der Waals surface area contributed by atoms with Crippen LogP contribution in [-0.2, 0) is 9.59 Å². The van der Waals surface area contributed by atoms with Gasteiger partial charge < -0.3 is 10.6 Å². The van der Waals surface area contributed by atoms with Crippen LogP contribution in [0.1, 0.15) is 26.7 Å². The maximum Gasteiger partial charge on any atom is 0.313 e. The highest BCUT2D eigenvalue weighted by atomic mass is 16.2. The zero-order valence-electron chi connectivity index (χ0n) is 15.8. The minimum atomic E-state index is -0.660. The van der Waals surface area contributed by atoms with Crippen LogP contribution in [0.2, 0.25) is 0 Å². The summed E-state index contributed by atoms with van der Waals surface area (Å²) in [5.41, 5.74) is 1.37. The number of anilines is 1. The summed E-state index contributed by atoms with van der Waals surface area (Å²) in [7, 11) is 0. The maximum atomic E-state index is 12.2. The summed E-state index contributed by atoms with van der Waals surface area (Å²) in [6.45, 7) is 6.89. The maximum absolute atomic E-state index is 12.2.